The van der Waals surface area contributed by atoms with Crippen molar-refractivity contribution in [1.29, 1.82) is 5.26 Å². The Morgan fingerprint density at radius 2 is 1.62 bits per heavy atom. The van der Waals surface area contributed by atoms with Gasteiger partial charge in [0.15, 0.2) is 0 Å². The first kappa shape index (κ1) is 23.2. The van der Waals surface area contributed by atoms with Crippen molar-refractivity contribution in [2.45, 2.75) is 30.8 Å². The zero-order valence-electron chi connectivity index (χ0n) is 17.9. The Labute approximate surface area is 188 Å². The summed E-state index contributed by atoms with van der Waals surface area (Å²) in [4.78, 5) is 11.8. The highest BCUT2D eigenvalue weighted by Gasteiger charge is 2.32. The summed E-state index contributed by atoms with van der Waals surface area (Å²) in [6.45, 7) is 2.08. The highest BCUT2D eigenvalue weighted by atomic mass is 32.2. The molecule has 0 aliphatic heterocycles. The lowest BCUT2D eigenvalue weighted by Crippen LogP contribution is -2.34. The van der Waals surface area contributed by atoms with Gasteiger partial charge in [-0.05, 0) is 53.9 Å². The second kappa shape index (κ2) is 10.2. The molecule has 0 amide bonds. The van der Waals surface area contributed by atoms with Gasteiger partial charge < -0.3 is 4.74 Å². The predicted molar refractivity (Wildman–Crippen MR) is 121 cm³/mol. The van der Waals surface area contributed by atoms with Crippen molar-refractivity contribution in [3.05, 3.63) is 101 Å². The molecule has 32 heavy (non-hydrogen) atoms. The van der Waals surface area contributed by atoms with E-state index in [1.165, 1.54) is 35.7 Å². The molecule has 0 aliphatic rings. The van der Waals surface area contributed by atoms with Gasteiger partial charge >= 0.3 is 5.97 Å². The van der Waals surface area contributed by atoms with Gasteiger partial charge in [-0.3, -0.25) is 0 Å². The van der Waals surface area contributed by atoms with E-state index >= 15 is 0 Å². The maximum absolute atomic E-state index is 13.7. The molecule has 6 nitrogen and oxygen atoms in total. The number of methoxy groups -OCH3 is 1. The summed E-state index contributed by atoms with van der Waals surface area (Å²) in [6.07, 6.45) is 0.569. The molecule has 0 aromatic heterocycles. The quantitative estimate of drug-likeness (QED) is 0.467. The molecular weight excluding hydrogens is 424 g/mol. The minimum Gasteiger partial charge on any atom is -0.465 e. The molecule has 0 bridgehead atoms. The summed E-state index contributed by atoms with van der Waals surface area (Å²) in [7, 11) is -2.63. The molecule has 3 aromatic carbocycles. The van der Waals surface area contributed by atoms with Crippen LogP contribution in [0.25, 0.3) is 0 Å². The average Bonchev–Trinajstić information content (AvgIpc) is 2.84. The van der Waals surface area contributed by atoms with Gasteiger partial charge in [0.05, 0.1) is 35.2 Å². The Kier molecular flexibility index (Phi) is 7.41. The Morgan fingerprint density at radius 3 is 2.16 bits per heavy atom. The number of carbonyl (C=O) groups excluding carboxylic acids is 1. The Bertz CT molecular complexity index is 1200. The minimum absolute atomic E-state index is 0.0909. The van der Waals surface area contributed by atoms with Gasteiger partial charge in [-0.15, -0.1) is 0 Å². The standard InChI is InChI=1S/C25H24N2O4S/c1-3-24(21-7-5-4-6-8-21)27(18-20-11-9-19(17-26)10-12-20)32(29,30)23-15-13-22(14-16-23)25(28)31-2/h4-16,24H,3,18H2,1-2H3/t24-/m0/s1. The number of hydrogen-bond donors (Lipinski definition) is 0. The van der Waals surface area contributed by atoms with Gasteiger partial charge in [0, 0.05) is 6.54 Å². The van der Waals surface area contributed by atoms with Crippen LogP contribution in [0.5, 0.6) is 0 Å². The van der Waals surface area contributed by atoms with Crippen molar-refractivity contribution in [2.24, 2.45) is 0 Å². The summed E-state index contributed by atoms with van der Waals surface area (Å²) in [5.74, 6) is -0.529. The molecular formula is C25H24N2O4S. The summed E-state index contributed by atoms with van der Waals surface area (Å²) < 4.78 is 33.7. The van der Waals surface area contributed by atoms with E-state index in [-0.39, 0.29) is 17.0 Å². The first-order chi connectivity index (χ1) is 15.4. The van der Waals surface area contributed by atoms with E-state index in [4.69, 9.17) is 10.00 Å². The first-order valence-corrected chi connectivity index (χ1v) is 11.6. The summed E-state index contributed by atoms with van der Waals surface area (Å²) in [5.41, 5.74) is 2.45. The number of hydrogen-bond acceptors (Lipinski definition) is 5. The number of carbonyl (C=O) groups is 1. The van der Waals surface area contributed by atoms with E-state index in [1.807, 2.05) is 37.3 Å². The van der Waals surface area contributed by atoms with Crippen LogP contribution in [0.3, 0.4) is 0 Å². The lowest BCUT2D eigenvalue weighted by atomic mass is 10.0. The van der Waals surface area contributed by atoms with Gasteiger partial charge in [0.2, 0.25) is 10.0 Å². The van der Waals surface area contributed by atoms with Crippen molar-refractivity contribution >= 4 is 16.0 Å². The van der Waals surface area contributed by atoms with Crippen molar-refractivity contribution in [3.63, 3.8) is 0 Å². The molecule has 0 radical (unpaired) electrons. The molecule has 0 unspecified atom stereocenters. The van der Waals surface area contributed by atoms with Gasteiger partial charge in [0.25, 0.3) is 0 Å². The number of nitrogens with zero attached hydrogens (tertiary/aromatic N) is 2. The first-order valence-electron chi connectivity index (χ1n) is 10.1. The zero-order valence-corrected chi connectivity index (χ0v) is 18.7. The van der Waals surface area contributed by atoms with E-state index in [1.54, 1.807) is 24.3 Å². The Hall–Kier alpha value is -3.47. The molecule has 1 atom stereocenters. The van der Waals surface area contributed by atoms with E-state index in [9.17, 15) is 13.2 Å². The SMILES string of the molecule is CC[C@@H](c1ccccc1)N(Cc1ccc(C#N)cc1)S(=O)(=O)c1ccc(C(=O)OC)cc1. The summed E-state index contributed by atoms with van der Waals surface area (Å²) in [6, 6.07) is 23.8. The van der Waals surface area contributed by atoms with Gasteiger partial charge in [-0.25, -0.2) is 13.2 Å². The molecule has 0 saturated heterocycles. The molecule has 0 heterocycles. The average molecular weight is 449 g/mol. The molecule has 7 heteroatoms. The van der Waals surface area contributed by atoms with Crippen LogP contribution in [0.15, 0.2) is 83.8 Å². The third-order valence-corrected chi connectivity index (χ3v) is 7.09. The number of nitriles is 1. The fraction of sp³-hybridized carbons (Fsp3) is 0.200. The predicted octanol–water partition coefficient (Wildman–Crippen LogP) is 4.69. The van der Waals surface area contributed by atoms with Crippen LogP contribution in [0.4, 0.5) is 0 Å². The highest BCUT2D eigenvalue weighted by molar-refractivity contribution is 7.89. The van der Waals surface area contributed by atoms with Crippen LogP contribution in [0.2, 0.25) is 0 Å². The Morgan fingerprint density at radius 1 is 1.00 bits per heavy atom. The van der Waals surface area contributed by atoms with Gasteiger partial charge in [-0.1, -0.05) is 49.4 Å². The van der Waals surface area contributed by atoms with E-state index in [0.29, 0.717) is 12.0 Å². The second-order valence-electron chi connectivity index (χ2n) is 7.21. The summed E-state index contributed by atoms with van der Waals surface area (Å²) in [5, 5.41) is 9.05. The van der Waals surface area contributed by atoms with Crippen LogP contribution in [0.1, 0.15) is 46.4 Å². The number of esters is 1. The number of sulfonamides is 1. The molecule has 3 aromatic rings. The van der Waals surface area contributed by atoms with E-state index in [2.05, 4.69) is 6.07 Å². The Balaban J connectivity index is 2.05. The van der Waals surface area contributed by atoms with Crippen LogP contribution >= 0.6 is 0 Å². The van der Waals surface area contributed by atoms with Crippen molar-refractivity contribution in [2.75, 3.05) is 7.11 Å². The van der Waals surface area contributed by atoms with E-state index in [0.717, 1.165) is 11.1 Å². The largest absolute Gasteiger partial charge is 0.465 e. The maximum atomic E-state index is 13.7. The van der Waals surface area contributed by atoms with Crippen LogP contribution in [0, 0.1) is 11.3 Å². The summed E-state index contributed by atoms with van der Waals surface area (Å²) >= 11 is 0. The zero-order chi connectivity index (χ0) is 23.1. The van der Waals surface area contributed by atoms with Crippen LogP contribution in [-0.4, -0.2) is 25.8 Å². The fourth-order valence-corrected chi connectivity index (χ4v) is 5.20. The third kappa shape index (κ3) is 5.05. The smallest absolute Gasteiger partial charge is 0.337 e. The van der Waals surface area contributed by atoms with Gasteiger partial charge in [0.1, 0.15) is 0 Å². The molecule has 0 aliphatic carbocycles. The number of rotatable bonds is 8. The second-order valence-corrected chi connectivity index (χ2v) is 9.10. The number of ether oxygens (including phenoxy) is 1. The van der Waals surface area contributed by atoms with Crippen molar-refractivity contribution < 1.29 is 17.9 Å². The lowest BCUT2D eigenvalue weighted by Gasteiger charge is -2.31. The van der Waals surface area contributed by atoms with E-state index < -0.39 is 22.0 Å². The monoisotopic (exact) mass is 448 g/mol. The molecule has 0 saturated carbocycles. The molecule has 0 N–H and O–H groups in total. The lowest BCUT2D eigenvalue weighted by molar-refractivity contribution is 0.0600. The minimum atomic E-state index is -3.91. The maximum Gasteiger partial charge on any atom is 0.337 e. The molecule has 3 rings (SSSR count). The normalized spacial score (nSPS) is 12.2. The van der Waals surface area contributed by atoms with Crippen LogP contribution < -0.4 is 0 Å². The van der Waals surface area contributed by atoms with Crippen LogP contribution in [-0.2, 0) is 21.3 Å². The van der Waals surface area contributed by atoms with Crippen molar-refractivity contribution in [3.8, 4) is 6.07 Å². The van der Waals surface area contributed by atoms with Gasteiger partial charge in [-0.2, -0.15) is 9.57 Å². The molecule has 0 spiro atoms. The fourth-order valence-electron chi connectivity index (χ4n) is 3.52. The third-order valence-electron chi connectivity index (χ3n) is 5.22. The molecule has 164 valence electrons. The van der Waals surface area contributed by atoms with Crippen molar-refractivity contribution in [1.82, 2.24) is 4.31 Å². The topological polar surface area (TPSA) is 87.5 Å². The molecule has 0 fully saturated rings. The number of benzene rings is 3. The highest BCUT2D eigenvalue weighted by Crippen LogP contribution is 2.32.